The van der Waals surface area contributed by atoms with Crippen LogP contribution in [0.1, 0.15) is 10.6 Å². The van der Waals surface area contributed by atoms with Gasteiger partial charge in [-0.05, 0) is 12.1 Å². The smallest absolute Gasteiger partial charge is 0.374 e. The van der Waals surface area contributed by atoms with Gasteiger partial charge < -0.3 is 9.63 Å². The Hall–Kier alpha value is -2.67. The van der Waals surface area contributed by atoms with Crippen molar-refractivity contribution in [2.24, 2.45) is 0 Å². The zero-order valence-electron chi connectivity index (χ0n) is 9.89. The zero-order chi connectivity index (χ0) is 14.1. The second-order valence-corrected chi connectivity index (χ2v) is 4.29. The van der Waals surface area contributed by atoms with Gasteiger partial charge >= 0.3 is 5.97 Å². The van der Waals surface area contributed by atoms with E-state index in [9.17, 15) is 4.79 Å². The molecule has 0 saturated heterocycles. The van der Waals surface area contributed by atoms with Crippen molar-refractivity contribution in [2.75, 3.05) is 0 Å². The monoisotopic (exact) mass is 290 g/mol. The fourth-order valence-corrected chi connectivity index (χ4v) is 1.96. The van der Waals surface area contributed by atoms with Gasteiger partial charge in [0.2, 0.25) is 5.76 Å². The van der Waals surface area contributed by atoms with Crippen LogP contribution in [-0.2, 0) is 0 Å². The Morgan fingerprint density at radius 2 is 2.20 bits per heavy atom. The lowest BCUT2D eigenvalue weighted by Crippen LogP contribution is -1.95. The van der Waals surface area contributed by atoms with Crippen molar-refractivity contribution in [3.8, 4) is 16.9 Å². The first-order chi connectivity index (χ1) is 9.65. The van der Waals surface area contributed by atoms with E-state index in [1.165, 1.54) is 23.4 Å². The number of carboxylic acids is 1. The number of carboxylic acid groups (broad SMARTS) is 1. The zero-order valence-corrected chi connectivity index (χ0v) is 10.7. The van der Waals surface area contributed by atoms with E-state index in [2.05, 4.69) is 15.2 Å². The van der Waals surface area contributed by atoms with Crippen molar-refractivity contribution in [3.63, 3.8) is 0 Å². The fourth-order valence-electron chi connectivity index (χ4n) is 1.70. The molecule has 0 amide bonds. The standard InChI is InChI=1S/C12H7ClN4O3/c13-8-3-7(9-4-11(12(18)19)20-16-9)1-2-10(8)17-6-14-5-15-17/h1-6H,(H,18,19). The molecule has 0 aliphatic heterocycles. The summed E-state index contributed by atoms with van der Waals surface area (Å²) >= 11 is 6.18. The highest BCUT2D eigenvalue weighted by Gasteiger charge is 2.13. The Morgan fingerprint density at radius 1 is 1.35 bits per heavy atom. The number of hydrogen-bond acceptors (Lipinski definition) is 5. The van der Waals surface area contributed by atoms with Crippen molar-refractivity contribution in [2.45, 2.75) is 0 Å². The van der Waals surface area contributed by atoms with E-state index in [0.29, 0.717) is 22.0 Å². The molecule has 0 fully saturated rings. The molecule has 0 atom stereocenters. The van der Waals surface area contributed by atoms with Gasteiger partial charge in [-0.25, -0.2) is 14.5 Å². The van der Waals surface area contributed by atoms with Crippen LogP contribution >= 0.6 is 11.6 Å². The molecule has 0 aliphatic carbocycles. The molecule has 8 heteroatoms. The largest absolute Gasteiger partial charge is 0.475 e. The van der Waals surface area contributed by atoms with Crippen molar-refractivity contribution in [3.05, 3.63) is 47.7 Å². The molecule has 2 heterocycles. The molecule has 7 nitrogen and oxygen atoms in total. The number of carbonyl (C=O) groups is 1. The number of hydrogen-bond donors (Lipinski definition) is 1. The van der Waals surface area contributed by atoms with Crippen LogP contribution in [0.2, 0.25) is 5.02 Å². The van der Waals surface area contributed by atoms with E-state index in [0.717, 1.165) is 0 Å². The third-order valence-corrected chi connectivity index (χ3v) is 2.93. The highest BCUT2D eigenvalue weighted by molar-refractivity contribution is 6.32. The molecule has 2 aromatic heterocycles. The van der Waals surface area contributed by atoms with Gasteiger partial charge in [0.1, 0.15) is 18.3 Å². The fraction of sp³-hybridized carbons (Fsp3) is 0. The first-order valence-electron chi connectivity index (χ1n) is 5.50. The summed E-state index contributed by atoms with van der Waals surface area (Å²) in [6.07, 6.45) is 2.93. The van der Waals surface area contributed by atoms with Gasteiger partial charge in [-0.15, -0.1) is 0 Å². The molecule has 1 N–H and O–H groups in total. The molecule has 0 saturated carbocycles. The van der Waals surface area contributed by atoms with Gasteiger partial charge in [-0.1, -0.05) is 22.8 Å². The maximum Gasteiger partial charge on any atom is 0.374 e. The lowest BCUT2D eigenvalue weighted by molar-refractivity contribution is 0.0652. The molecule has 100 valence electrons. The quantitative estimate of drug-likeness (QED) is 0.795. The summed E-state index contributed by atoms with van der Waals surface area (Å²) in [4.78, 5) is 14.6. The summed E-state index contributed by atoms with van der Waals surface area (Å²) in [5, 5.41) is 16.9. The van der Waals surface area contributed by atoms with Crippen molar-refractivity contribution in [1.29, 1.82) is 0 Å². The molecule has 0 aliphatic rings. The second kappa shape index (κ2) is 4.78. The number of benzene rings is 1. The molecular weight excluding hydrogens is 284 g/mol. The van der Waals surface area contributed by atoms with E-state index >= 15 is 0 Å². The molecule has 0 unspecified atom stereocenters. The van der Waals surface area contributed by atoms with Gasteiger partial charge in [0.25, 0.3) is 0 Å². The van der Waals surface area contributed by atoms with Gasteiger partial charge in [0, 0.05) is 11.6 Å². The third kappa shape index (κ3) is 2.14. The van der Waals surface area contributed by atoms with Gasteiger partial charge in [0.05, 0.1) is 10.7 Å². The Bertz CT molecular complexity index is 767. The summed E-state index contributed by atoms with van der Waals surface area (Å²) < 4.78 is 6.23. The Morgan fingerprint density at radius 3 is 2.80 bits per heavy atom. The minimum Gasteiger partial charge on any atom is -0.475 e. The minimum absolute atomic E-state index is 0.225. The van der Waals surface area contributed by atoms with E-state index in [-0.39, 0.29) is 5.76 Å². The van der Waals surface area contributed by atoms with Crippen LogP contribution in [0, 0.1) is 0 Å². The lowest BCUT2D eigenvalue weighted by Gasteiger charge is -2.04. The SMILES string of the molecule is O=C(O)c1cc(-c2ccc(-n3cncn3)c(Cl)c2)no1. The second-order valence-electron chi connectivity index (χ2n) is 3.89. The van der Waals surface area contributed by atoms with Crippen molar-refractivity contribution in [1.82, 2.24) is 19.9 Å². The van der Waals surface area contributed by atoms with Gasteiger partial charge in [-0.3, -0.25) is 0 Å². The Balaban J connectivity index is 1.99. The lowest BCUT2D eigenvalue weighted by atomic mass is 10.1. The van der Waals surface area contributed by atoms with Crippen LogP contribution in [0.4, 0.5) is 0 Å². The van der Waals surface area contributed by atoms with E-state index < -0.39 is 5.97 Å². The van der Waals surface area contributed by atoms with Crippen LogP contribution in [0.25, 0.3) is 16.9 Å². The molecule has 1 aromatic carbocycles. The highest BCUT2D eigenvalue weighted by atomic mass is 35.5. The maximum atomic E-state index is 10.7. The Kier molecular flexibility index (Phi) is 2.96. The van der Waals surface area contributed by atoms with Crippen LogP contribution in [0.3, 0.4) is 0 Å². The third-order valence-electron chi connectivity index (χ3n) is 2.63. The molecule has 0 radical (unpaired) electrons. The average molecular weight is 291 g/mol. The van der Waals surface area contributed by atoms with E-state index in [1.54, 1.807) is 18.2 Å². The predicted molar refractivity (Wildman–Crippen MR) is 68.8 cm³/mol. The molecule has 3 aromatic rings. The van der Waals surface area contributed by atoms with E-state index in [4.69, 9.17) is 21.2 Å². The summed E-state index contributed by atoms with van der Waals surface area (Å²) in [7, 11) is 0. The maximum absolute atomic E-state index is 10.7. The average Bonchev–Trinajstić information content (AvgIpc) is 3.10. The number of aromatic nitrogens is 4. The van der Waals surface area contributed by atoms with Crippen molar-refractivity contribution < 1.29 is 14.4 Å². The first kappa shape index (κ1) is 12.4. The Labute approximate surface area is 117 Å². The summed E-state index contributed by atoms with van der Waals surface area (Å²) in [6, 6.07) is 6.47. The minimum atomic E-state index is -1.17. The first-order valence-corrected chi connectivity index (χ1v) is 5.88. The van der Waals surface area contributed by atoms with Crippen LogP contribution < -0.4 is 0 Å². The number of rotatable bonds is 3. The normalized spacial score (nSPS) is 10.7. The molecule has 20 heavy (non-hydrogen) atoms. The number of halogens is 1. The number of aromatic carboxylic acids is 1. The van der Waals surface area contributed by atoms with Crippen molar-refractivity contribution >= 4 is 17.6 Å². The molecule has 3 rings (SSSR count). The topological polar surface area (TPSA) is 94.0 Å². The van der Waals surface area contributed by atoms with Gasteiger partial charge in [0.15, 0.2) is 0 Å². The molecule has 0 bridgehead atoms. The molecule has 0 spiro atoms. The molecular formula is C12H7ClN4O3. The predicted octanol–water partition coefficient (Wildman–Crippen LogP) is 2.27. The summed E-state index contributed by atoms with van der Waals surface area (Å²) in [5.74, 6) is -1.40. The van der Waals surface area contributed by atoms with Crippen LogP contribution in [0.5, 0.6) is 0 Å². The van der Waals surface area contributed by atoms with Gasteiger partial charge in [-0.2, -0.15) is 5.10 Å². The highest BCUT2D eigenvalue weighted by Crippen LogP contribution is 2.27. The summed E-state index contributed by atoms with van der Waals surface area (Å²) in [6.45, 7) is 0. The summed E-state index contributed by atoms with van der Waals surface area (Å²) in [5.41, 5.74) is 1.71. The van der Waals surface area contributed by atoms with Crippen LogP contribution in [-0.4, -0.2) is 31.0 Å². The van der Waals surface area contributed by atoms with E-state index in [1.807, 2.05) is 0 Å². The van der Waals surface area contributed by atoms with Crippen LogP contribution in [0.15, 0.2) is 41.4 Å². The number of nitrogens with zero attached hydrogens (tertiary/aromatic N) is 4.